The molecule has 0 aliphatic carbocycles. The first-order valence-corrected chi connectivity index (χ1v) is 6.77. The Kier molecular flexibility index (Phi) is 3.80. The molecule has 1 aliphatic heterocycles. The van der Waals surface area contributed by atoms with E-state index in [4.69, 9.17) is 9.15 Å². The monoisotopic (exact) mass is 277 g/mol. The minimum absolute atomic E-state index is 0.0217. The van der Waals surface area contributed by atoms with Crippen LogP contribution < -0.4 is 5.32 Å². The Morgan fingerprint density at radius 1 is 1.40 bits per heavy atom. The second-order valence-electron chi connectivity index (χ2n) is 4.95. The molecule has 0 spiro atoms. The molecule has 4 nitrogen and oxygen atoms in total. The fraction of sp³-hybridized carbons (Fsp3) is 0.400. The molecule has 0 radical (unpaired) electrons. The first-order chi connectivity index (χ1) is 9.74. The third kappa shape index (κ3) is 2.73. The lowest BCUT2D eigenvalue weighted by molar-refractivity contribution is 0.0304. The van der Waals surface area contributed by atoms with Crippen LogP contribution >= 0.6 is 0 Å². The number of nitrogens with one attached hydrogen (secondary N) is 1. The van der Waals surface area contributed by atoms with Gasteiger partial charge in [0, 0.05) is 5.39 Å². The first kappa shape index (κ1) is 13.3. The van der Waals surface area contributed by atoms with Crippen LogP contribution in [-0.4, -0.2) is 31.6 Å². The third-order valence-corrected chi connectivity index (χ3v) is 3.51. The molecule has 2 aromatic rings. The zero-order chi connectivity index (χ0) is 13.9. The summed E-state index contributed by atoms with van der Waals surface area (Å²) in [5, 5.41) is 3.83. The number of ketones is 1. The maximum atomic E-state index is 13.5. The SMILES string of the molecule is O=C(COC1CCNCC1)c1cc2cccc(F)c2o1. The maximum absolute atomic E-state index is 13.5. The molecule has 0 amide bonds. The summed E-state index contributed by atoms with van der Waals surface area (Å²) >= 11 is 0. The van der Waals surface area contributed by atoms with Crippen molar-refractivity contribution >= 4 is 16.8 Å². The molecule has 1 fully saturated rings. The van der Waals surface area contributed by atoms with Crippen LogP contribution in [0.2, 0.25) is 0 Å². The Bertz CT molecular complexity index is 617. The summed E-state index contributed by atoms with van der Waals surface area (Å²) in [7, 11) is 0. The lowest BCUT2D eigenvalue weighted by Gasteiger charge is -2.22. The third-order valence-electron chi connectivity index (χ3n) is 3.51. The summed E-state index contributed by atoms with van der Waals surface area (Å²) in [5.41, 5.74) is 0.123. The molecule has 1 saturated heterocycles. The number of hydrogen-bond acceptors (Lipinski definition) is 4. The Hall–Kier alpha value is -1.72. The van der Waals surface area contributed by atoms with E-state index in [1.165, 1.54) is 6.07 Å². The molecule has 1 N–H and O–H groups in total. The normalized spacial score (nSPS) is 16.6. The lowest BCUT2D eigenvalue weighted by atomic mass is 10.1. The largest absolute Gasteiger partial charge is 0.450 e. The van der Waals surface area contributed by atoms with E-state index in [1.807, 2.05) is 0 Å². The molecule has 3 rings (SSSR count). The number of carbonyl (C=O) groups excluding carboxylic acids is 1. The van der Waals surface area contributed by atoms with Gasteiger partial charge in [0.15, 0.2) is 17.2 Å². The minimum Gasteiger partial charge on any atom is -0.450 e. The first-order valence-electron chi connectivity index (χ1n) is 6.77. The summed E-state index contributed by atoms with van der Waals surface area (Å²) in [5.74, 6) is -0.556. The molecular formula is C15H16FNO3. The van der Waals surface area contributed by atoms with E-state index in [-0.39, 0.29) is 29.8 Å². The maximum Gasteiger partial charge on any atom is 0.223 e. The number of furan rings is 1. The smallest absolute Gasteiger partial charge is 0.223 e. The lowest BCUT2D eigenvalue weighted by Crippen LogP contribution is -2.33. The molecule has 1 aliphatic rings. The second-order valence-corrected chi connectivity index (χ2v) is 4.95. The Morgan fingerprint density at radius 3 is 2.95 bits per heavy atom. The number of rotatable bonds is 4. The van der Waals surface area contributed by atoms with Crippen molar-refractivity contribution in [2.45, 2.75) is 18.9 Å². The van der Waals surface area contributed by atoms with E-state index in [1.54, 1.807) is 18.2 Å². The molecular weight excluding hydrogens is 261 g/mol. The number of ether oxygens (including phenoxy) is 1. The van der Waals surface area contributed by atoms with Crippen molar-refractivity contribution in [1.29, 1.82) is 0 Å². The Morgan fingerprint density at radius 2 is 2.20 bits per heavy atom. The molecule has 0 saturated carbocycles. The fourth-order valence-corrected chi connectivity index (χ4v) is 2.39. The van der Waals surface area contributed by atoms with Crippen LogP contribution in [0.1, 0.15) is 23.4 Å². The molecule has 0 bridgehead atoms. The summed E-state index contributed by atoms with van der Waals surface area (Å²) in [6.45, 7) is 1.80. The zero-order valence-electron chi connectivity index (χ0n) is 11.0. The van der Waals surface area contributed by atoms with E-state index in [0.717, 1.165) is 25.9 Å². The van der Waals surface area contributed by atoms with Gasteiger partial charge < -0.3 is 14.5 Å². The van der Waals surface area contributed by atoms with Crippen LogP contribution in [0.25, 0.3) is 11.0 Å². The number of fused-ring (bicyclic) bond motifs is 1. The van der Waals surface area contributed by atoms with Gasteiger partial charge in [-0.1, -0.05) is 12.1 Å². The molecule has 0 unspecified atom stereocenters. The second kappa shape index (κ2) is 5.73. The topological polar surface area (TPSA) is 51.5 Å². The highest BCUT2D eigenvalue weighted by atomic mass is 19.1. The van der Waals surface area contributed by atoms with Crippen LogP contribution in [0, 0.1) is 5.82 Å². The van der Waals surface area contributed by atoms with Gasteiger partial charge in [0.1, 0.15) is 6.61 Å². The van der Waals surface area contributed by atoms with E-state index < -0.39 is 5.82 Å². The van der Waals surface area contributed by atoms with Crippen molar-refractivity contribution in [1.82, 2.24) is 5.32 Å². The van der Waals surface area contributed by atoms with Gasteiger partial charge in [-0.25, -0.2) is 4.39 Å². The van der Waals surface area contributed by atoms with Gasteiger partial charge in [0.25, 0.3) is 0 Å². The number of carbonyl (C=O) groups is 1. The highest BCUT2D eigenvalue weighted by molar-refractivity contribution is 5.98. The Balaban J connectivity index is 1.67. The molecule has 5 heteroatoms. The van der Waals surface area contributed by atoms with Crippen molar-refractivity contribution < 1.29 is 18.3 Å². The van der Waals surface area contributed by atoms with Gasteiger partial charge in [-0.15, -0.1) is 0 Å². The number of halogens is 1. The number of Topliss-reactive ketones (excluding diaryl/α,β-unsaturated/α-hetero) is 1. The highest BCUT2D eigenvalue weighted by Crippen LogP contribution is 2.22. The van der Waals surface area contributed by atoms with Crippen molar-refractivity contribution in [3.8, 4) is 0 Å². The van der Waals surface area contributed by atoms with E-state index >= 15 is 0 Å². The summed E-state index contributed by atoms with van der Waals surface area (Å²) in [6, 6.07) is 6.18. The number of benzene rings is 1. The van der Waals surface area contributed by atoms with Crippen LogP contribution in [0.15, 0.2) is 28.7 Å². The van der Waals surface area contributed by atoms with E-state index in [2.05, 4.69) is 5.32 Å². The van der Waals surface area contributed by atoms with Gasteiger partial charge in [0.05, 0.1) is 6.10 Å². The number of piperidine rings is 1. The predicted molar refractivity (Wildman–Crippen MR) is 72.3 cm³/mol. The summed E-state index contributed by atoms with van der Waals surface area (Å²) < 4.78 is 24.4. The summed E-state index contributed by atoms with van der Waals surface area (Å²) in [4.78, 5) is 12.0. The van der Waals surface area contributed by atoms with Gasteiger partial charge in [0.2, 0.25) is 5.78 Å². The van der Waals surface area contributed by atoms with Gasteiger partial charge >= 0.3 is 0 Å². The van der Waals surface area contributed by atoms with Crippen molar-refractivity contribution in [2.75, 3.05) is 19.7 Å². The molecule has 0 atom stereocenters. The van der Waals surface area contributed by atoms with Gasteiger partial charge in [-0.3, -0.25) is 4.79 Å². The Labute approximate surface area is 115 Å². The molecule has 1 aromatic heterocycles. The van der Waals surface area contributed by atoms with Crippen LogP contribution in [-0.2, 0) is 4.74 Å². The zero-order valence-corrected chi connectivity index (χ0v) is 11.0. The molecule has 1 aromatic carbocycles. The number of para-hydroxylation sites is 1. The van der Waals surface area contributed by atoms with E-state index in [0.29, 0.717) is 5.39 Å². The van der Waals surface area contributed by atoms with E-state index in [9.17, 15) is 9.18 Å². The average molecular weight is 277 g/mol. The quantitative estimate of drug-likeness (QED) is 0.872. The summed E-state index contributed by atoms with van der Waals surface area (Å²) in [6.07, 6.45) is 1.92. The van der Waals surface area contributed by atoms with Crippen LogP contribution in [0.4, 0.5) is 4.39 Å². The van der Waals surface area contributed by atoms with Crippen LogP contribution in [0.5, 0.6) is 0 Å². The van der Waals surface area contributed by atoms with Gasteiger partial charge in [-0.05, 0) is 38.1 Å². The number of hydrogen-bond donors (Lipinski definition) is 1. The predicted octanol–water partition coefficient (Wildman–Crippen LogP) is 2.52. The van der Waals surface area contributed by atoms with Gasteiger partial charge in [-0.2, -0.15) is 0 Å². The molecule has 106 valence electrons. The van der Waals surface area contributed by atoms with Crippen molar-refractivity contribution in [3.63, 3.8) is 0 Å². The average Bonchev–Trinajstić information content (AvgIpc) is 2.91. The van der Waals surface area contributed by atoms with Crippen molar-refractivity contribution in [2.24, 2.45) is 0 Å². The standard InChI is InChI=1S/C15H16FNO3/c16-12-3-1-2-10-8-14(20-15(10)12)13(18)9-19-11-4-6-17-7-5-11/h1-3,8,11,17H,4-7,9H2. The fourth-order valence-electron chi connectivity index (χ4n) is 2.39. The van der Waals surface area contributed by atoms with Crippen LogP contribution in [0.3, 0.4) is 0 Å². The minimum atomic E-state index is -0.458. The molecule has 2 heterocycles. The molecule has 20 heavy (non-hydrogen) atoms. The van der Waals surface area contributed by atoms with Crippen molar-refractivity contribution in [3.05, 3.63) is 35.8 Å². The highest BCUT2D eigenvalue weighted by Gasteiger charge is 2.18.